The van der Waals surface area contributed by atoms with E-state index in [-0.39, 0.29) is 18.0 Å². The van der Waals surface area contributed by atoms with Gasteiger partial charge in [-0.1, -0.05) is 34.3 Å². The average Bonchev–Trinajstić information content (AvgIpc) is 2.37. The molecule has 1 atom stereocenters. The molecule has 1 N–H and O–H groups in total. The van der Waals surface area contributed by atoms with Gasteiger partial charge in [-0.05, 0) is 31.1 Å². The van der Waals surface area contributed by atoms with E-state index >= 15 is 0 Å². The smallest absolute Gasteiger partial charge is 0.330 e. The third-order valence-corrected chi connectivity index (χ3v) is 3.76. The van der Waals surface area contributed by atoms with Crippen LogP contribution in [0.4, 0.5) is 0 Å². The maximum atomic E-state index is 11.4. The highest BCUT2D eigenvalue weighted by Crippen LogP contribution is 2.37. The molecule has 0 bridgehead atoms. The third kappa shape index (κ3) is 4.50. The first kappa shape index (κ1) is 16.2. The zero-order valence-corrected chi connectivity index (χ0v) is 11.6. The summed E-state index contributed by atoms with van der Waals surface area (Å²) in [5, 5.41) is 9.47. The monoisotopic (exact) mass is 242 g/mol. The molecule has 0 heterocycles. The highest BCUT2D eigenvalue weighted by Gasteiger charge is 2.37. The fraction of sp³-hybridized carbons (Fsp3) is 0.786. The van der Waals surface area contributed by atoms with E-state index in [1.54, 1.807) is 0 Å². The van der Waals surface area contributed by atoms with Crippen molar-refractivity contribution in [2.24, 2.45) is 5.41 Å². The minimum atomic E-state index is -0.487. The molecule has 0 rings (SSSR count). The lowest BCUT2D eigenvalue weighted by molar-refractivity contribution is -0.159. The molecule has 0 aromatic heterocycles. The van der Waals surface area contributed by atoms with E-state index in [9.17, 15) is 9.90 Å². The number of hydrogen-bond donors (Lipinski definition) is 1. The summed E-state index contributed by atoms with van der Waals surface area (Å²) in [6.07, 6.45) is 4.23. The van der Waals surface area contributed by atoms with Crippen LogP contribution in [0.5, 0.6) is 0 Å². The predicted molar refractivity (Wildman–Crippen MR) is 69.7 cm³/mol. The molecule has 0 aliphatic heterocycles. The van der Waals surface area contributed by atoms with Crippen molar-refractivity contribution in [1.82, 2.24) is 0 Å². The van der Waals surface area contributed by atoms with Crippen LogP contribution in [0, 0.1) is 5.41 Å². The van der Waals surface area contributed by atoms with E-state index in [4.69, 9.17) is 4.74 Å². The zero-order chi connectivity index (χ0) is 13.5. The van der Waals surface area contributed by atoms with Gasteiger partial charge in [0.05, 0.1) is 0 Å². The van der Waals surface area contributed by atoms with E-state index < -0.39 is 5.60 Å². The summed E-state index contributed by atoms with van der Waals surface area (Å²) in [5.74, 6) is -0.384. The molecule has 0 aromatic rings. The molecule has 0 radical (unpaired) electrons. The van der Waals surface area contributed by atoms with Gasteiger partial charge in [0, 0.05) is 12.7 Å². The maximum absolute atomic E-state index is 11.4. The molecule has 0 aromatic carbocycles. The summed E-state index contributed by atoms with van der Waals surface area (Å²) < 4.78 is 5.52. The molecule has 0 saturated carbocycles. The Morgan fingerprint density at radius 3 is 2.12 bits per heavy atom. The molecule has 0 aliphatic rings. The highest BCUT2D eigenvalue weighted by molar-refractivity contribution is 5.81. The molecule has 1 unspecified atom stereocenters. The Morgan fingerprint density at radius 2 is 1.82 bits per heavy atom. The molecule has 100 valence electrons. The molecule has 3 heteroatoms. The lowest BCUT2D eigenvalue weighted by Gasteiger charge is -2.39. The molecule has 3 nitrogen and oxygen atoms in total. The van der Waals surface area contributed by atoms with Crippen molar-refractivity contribution < 1.29 is 14.6 Å². The van der Waals surface area contributed by atoms with Crippen LogP contribution in [0.25, 0.3) is 0 Å². The van der Waals surface area contributed by atoms with Crippen LogP contribution < -0.4 is 0 Å². The summed E-state index contributed by atoms with van der Waals surface area (Å²) in [5.41, 5.74) is -0.688. The van der Waals surface area contributed by atoms with Crippen LogP contribution in [-0.2, 0) is 9.53 Å². The lowest BCUT2D eigenvalue weighted by atomic mass is 9.75. The van der Waals surface area contributed by atoms with Crippen molar-refractivity contribution >= 4 is 5.97 Å². The second kappa shape index (κ2) is 6.80. The van der Waals surface area contributed by atoms with E-state index in [1.807, 2.05) is 27.7 Å². The Labute approximate surface area is 105 Å². The Hall–Kier alpha value is -0.830. The van der Waals surface area contributed by atoms with E-state index in [1.165, 1.54) is 6.08 Å². The quantitative estimate of drug-likeness (QED) is 0.525. The molecule has 17 heavy (non-hydrogen) atoms. The Morgan fingerprint density at radius 1 is 1.29 bits per heavy atom. The minimum absolute atomic E-state index is 0.108. The van der Waals surface area contributed by atoms with E-state index in [0.717, 1.165) is 19.3 Å². The van der Waals surface area contributed by atoms with Gasteiger partial charge < -0.3 is 9.84 Å². The Kier molecular flexibility index (Phi) is 6.46. The Balaban J connectivity index is 4.93. The van der Waals surface area contributed by atoms with Gasteiger partial charge >= 0.3 is 5.97 Å². The van der Waals surface area contributed by atoms with E-state index in [2.05, 4.69) is 6.58 Å². The number of carbonyl (C=O) groups is 1. The Bertz CT molecular complexity index is 250. The van der Waals surface area contributed by atoms with Crippen LogP contribution in [0.15, 0.2) is 12.7 Å². The fourth-order valence-electron chi connectivity index (χ4n) is 2.01. The first-order valence-electron chi connectivity index (χ1n) is 6.37. The second-order valence-electron chi connectivity index (χ2n) is 5.01. The number of ether oxygens (including phenoxy) is 1. The van der Waals surface area contributed by atoms with Crippen molar-refractivity contribution in [3.8, 4) is 0 Å². The van der Waals surface area contributed by atoms with Crippen molar-refractivity contribution in [2.75, 3.05) is 6.61 Å². The molecule has 0 amide bonds. The fourth-order valence-corrected chi connectivity index (χ4v) is 2.01. The molecule has 0 saturated heterocycles. The highest BCUT2D eigenvalue weighted by atomic mass is 16.6. The second-order valence-corrected chi connectivity index (χ2v) is 5.01. The summed E-state index contributed by atoms with van der Waals surface area (Å²) >= 11 is 0. The van der Waals surface area contributed by atoms with Gasteiger partial charge in [0.25, 0.3) is 0 Å². The van der Waals surface area contributed by atoms with Crippen LogP contribution in [0.3, 0.4) is 0 Å². The number of aliphatic hydroxyl groups excluding tert-OH is 1. The van der Waals surface area contributed by atoms with Gasteiger partial charge in [0.1, 0.15) is 5.60 Å². The summed E-state index contributed by atoms with van der Waals surface area (Å²) in [6, 6.07) is 0. The van der Waals surface area contributed by atoms with Crippen molar-refractivity contribution in [1.29, 1.82) is 0 Å². The van der Waals surface area contributed by atoms with Gasteiger partial charge in [0.15, 0.2) is 0 Å². The van der Waals surface area contributed by atoms with Crippen LogP contribution in [0.1, 0.15) is 53.4 Å². The average molecular weight is 242 g/mol. The van der Waals surface area contributed by atoms with E-state index in [0.29, 0.717) is 6.42 Å². The molecule has 0 fully saturated rings. The van der Waals surface area contributed by atoms with Gasteiger partial charge in [-0.25, -0.2) is 4.79 Å². The summed E-state index contributed by atoms with van der Waals surface area (Å²) in [6.45, 7) is 11.6. The van der Waals surface area contributed by atoms with Crippen molar-refractivity contribution in [3.63, 3.8) is 0 Å². The van der Waals surface area contributed by atoms with Gasteiger partial charge in [-0.15, -0.1) is 0 Å². The maximum Gasteiger partial charge on any atom is 0.330 e. The number of rotatable bonds is 8. The largest absolute Gasteiger partial charge is 0.456 e. The number of aliphatic hydroxyl groups is 1. The predicted octanol–water partition coefficient (Wildman–Crippen LogP) is 3.07. The molecule has 0 spiro atoms. The lowest BCUT2D eigenvalue weighted by Crippen LogP contribution is -2.40. The zero-order valence-electron chi connectivity index (χ0n) is 11.6. The molecule has 0 aliphatic carbocycles. The number of hydrogen-bond acceptors (Lipinski definition) is 3. The topological polar surface area (TPSA) is 46.5 Å². The first-order valence-corrected chi connectivity index (χ1v) is 6.37. The van der Waals surface area contributed by atoms with Gasteiger partial charge in [0.2, 0.25) is 0 Å². The first-order chi connectivity index (χ1) is 7.90. The molecular weight excluding hydrogens is 216 g/mol. The van der Waals surface area contributed by atoms with Crippen LogP contribution in [-0.4, -0.2) is 23.3 Å². The van der Waals surface area contributed by atoms with Crippen LogP contribution in [0.2, 0.25) is 0 Å². The number of esters is 1. The van der Waals surface area contributed by atoms with Gasteiger partial charge in [-0.3, -0.25) is 0 Å². The summed E-state index contributed by atoms with van der Waals surface area (Å²) in [7, 11) is 0. The SMILES string of the molecule is C=CC(=O)OC(CC)(CC)CC(C)(CC)CO. The standard InChI is InChI=1S/C14H26O3/c1-6-12(16)17-14(8-3,9-4)10-13(5,7-2)11-15/h6,15H,1,7-11H2,2-5H3. The van der Waals surface area contributed by atoms with Crippen molar-refractivity contribution in [3.05, 3.63) is 12.7 Å². The number of carbonyl (C=O) groups excluding carboxylic acids is 1. The third-order valence-electron chi connectivity index (χ3n) is 3.76. The minimum Gasteiger partial charge on any atom is -0.456 e. The molecular formula is C14H26O3. The van der Waals surface area contributed by atoms with Gasteiger partial charge in [-0.2, -0.15) is 0 Å². The summed E-state index contributed by atoms with van der Waals surface area (Å²) in [4.78, 5) is 11.4. The normalized spacial score (nSPS) is 15.1. The van der Waals surface area contributed by atoms with Crippen molar-refractivity contribution in [2.45, 2.75) is 59.0 Å². The van der Waals surface area contributed by atoms with Crippen LogP contribution >= 0.6 is 0 Å².